The minimum Gasteiger partial charge on any atom is -0.342 e. The van der Waals surface area contributed by atoms with Crippen molar-refractivity contribution < 1.29 is 9.32 Å². The van der Waals surface area contributed by atoms with Crippen molar-refractivity contribution in [2.75, 3.05) is 0 Å². The molecule has 9 heteroatoms. The molecule has 0 aromatic carbocycles. The zero-order valence-corrected chi connectivity index (χ0v) is 12.3. The fraction of sp³-hybridized carbons (Fsp3) is 0.214. The number of aromatic amines is 1. The second-order valence-corrected chi connectivity index (χ2v) is 4.67. The quantitative estimate of drug-likeness (QED) is 0.710. The van der Waals surface area contributed by atoms with Crippen LogP contribution < -0.4 is 10.9 Å². The lowest BCUT2D eigenvalue weighted by Gasteiger charge is -2.04. The topological polar surface area (TPSA) is 119 Å². The molecule has 0 bridgehead atoms. The number of hydrogen-bond acceptors (Lipinski definition) is 6. The van der Waals surface area contributed by atoms with E-state index in [1.165, 1.54) is 12.3 Å². The molecule has 9 nitrogen and oxygen atoms in total. The summed E-state index contributed by atoms with van der Waals surface area (Å²) >= 11 is 0. The summed E-state index contributed by atoms with van der Waals surface area (Å²) < 4.78 is 6.66. The van der Waals surface area contributed by atoms with E-state index in [1.807, 2.05) is 6.92 Å². The number of nitrogens with zero attached hydrogens (tertiary/aromatic N) is 4. The van der Waals surface area contributed by atoms with Gasteiger partial charge in [0.05, 0.1) is 6.54 Å². The van der Waals surface area contributed by atoms with Crippen molar-refractivity contribution in [3.05, 3.63) is 52.5 Å². The zero-order chi connectivity index (χ0) is 16.2. The molecule has 0 spiro atoms. The second-order valence-electron chi connectivity index (χ2n) is 4.67. The first kappa shape index (κ1) is 14.7. The Balaban J connectivity index is 1.68. The molecule has 0 radical (unpaired) electrons. The molecule has 0 aliphatic heterocycles. The number of aryl methyl sites for hydroxylation is 1. The van der Waals surface area contributed by atoms with Crippen LogP contribution in [0.2, 0.25) is 0 Å². The van der Waals surface area contributed by atoms with Gasteiger partial charge in [-0.1, -0.05) is 5.16 Å². The van der Waals surface area contributed by atoms with Crippen LogP contribution in [0.25, 0.3) is 11.4 Å². The smallest absolute Gasteiger partial charge is 0.269 e. The van der Waals surface area contributed by atoms with E-state index in [2.05, 4.69) is 25.5 Å². The number of pyridine rings is 1. The maximum atomic E-state index is 12.1. The van der Waals surface area contributed by atoms with E-state index in [4.69, 9.17) is 4.52 Å². The van der Waals surface area contributed by atoms with Crippen LogP contribution in [0.3, 0.4) is 0 Å². The van der Waals surface area contributed by atoms with Gasteiger partial charge in [0.2, 0.25) is 17.3 Å². The van der Waals surface area contributed by atoms with Gasteiger partial charge in [-0.05, 0) is 19.1 Å². The van der Waals surface area contributed by atoms with Crippen molar-refractivity contribution in [2.45, 2.75) is 20.0 Å². The Kier molecular flexibility index (Phi) is 4.00. The minimum absolute atomic E-state index is 0.0872. The number of carbonyl (C=O) groups excluding carboxylic acids is 1. The van der Waals surface area contributed by atoms with Crippen molar-refractivity contribution >= 4 is 5.91 Å². The molecule has 0 saturated carbocycles. The van der Waals surface area contributed by atoms with E-state index in [-0.39, 0.29) is 23.9 Å². The van der Waals surface area contributed by atoms with Crippen LogP contribution in [0.5, 0.6) is 0 Å². The summed E-state index contributed by atoms with van der Waals surface area (Å²) in [6.45, 7) is 2.59. The van der Waals surface area contributed by atoms with E-state index in [1.54, 1.807) is 23.0 Å². The Labute approximate surface area is 130 Å². The molecular formula is C14H14N6O3. The molecule has 1 amide bonds. The Morgan fingerprint density at radius 3 is 3.09 bits per heavy atom. The molecule has 23 heavy (non-hydrogen) atoms. The number of rotatable bonds is 5. The van der Waals surface area contributed by atoms with Gasteiger partial charge in [-0.2, -0.15) is 10.1 Å². The molecule has 3 heterocycles. The molecule has 0 fully saturated rings. The van der Waals surface area contributed by atoms with Gasteiger partial charge < -0.3 is 14.8 Å². The Bertz CT molecular complexity index is 878. The van der Waals surface area contributed by atoms with Crippen LogP contribution >= 0.6 is 0 Å². The average molecular weight is 314 g/mol. The van der Waals surface area contributed by atoms with Crippen LogP contribution in [0.1, 0.15) is 23.3 Å². The lowest BCUT2D eigenvalue weighted by atomic mass is 10.2. The highest BCUT2D eigenvalue weighted by molar-refractivity contribution is 5.92. The second kappa shape index (κ2) is 6.26. The van der Waals surface area contributed by atoms with Crippen LogP contribution in [0, 0.1) is 0 Å². The van der Waals surface area contributed by atoms with E-state index < -0.39 is 0 Å². The molecule has 3 aromatic rings. The van der Waals surface area contributed by atoms with E-state index >= 15 is 0 Å². The lowest BCUT2D eigenvalue weighted by Crippen LogP contribution is -2.25. The summed E-state index contributed by atoms with van der Waals surface area (Å²) in [6, 6.07) is 4.66. The standard InChI is InChI=1S/C14H14N6O3/c1-2-20-10(4-6-17-20)14(22)16-8-12-18-13(19-23-12)9-3-5-15-11(21)7-9/h3-7H,2,8H2,1H3,(H,15,21)(H,16,22). The van der Waals surface area contributed by atoms with Crippen LogP contribution in [-0.2, 0) is 13.1 Å². The molecule has 0 aliphatic rings. The number of nitrogens with one attached hydrogen (secondary N) is 2. The summed E-state index contributed by atoms with van der Waals surface area (Å²) in [5.41, 5.74) is 0.746. The van der Waals surface area contributed by atoms with Crippen LogP contribution in [-0.4, -0.2) is 30.8 Å². The van der Waals surface area contributed by atoms with Gasteiger partial charge in [0.25, 0.3) is 5.91 Å². The Hall–Kier alpha value is -3.23. The first-order valence-corrected chi connectivity index (χ1v) is 6.99. The average Bonchev–Trinajstić information content (AvgIpc) is 3.21. The fourth-order valence-electron chi connectivity index (χ4n) is 2.05. The highest BCUT2D eigenvalue weighted by atomic mass is 16.5. The fourth-order valence-corrected chi connectivity index (χ4v) is 2.05. The predicted molar refractivity (Wildman–Crippen MR) is 79.4 cm³/mol. The predicted octanol–water partition coefficient (Wildman–Crippen LogP) is 0.571. The summed E-state index contributed by atoms with van der Waals surface area (Å²) in [6.07, 6.45) is 3.07. The number of amides is 1. The van der Waals surface area contributed by atoms with E-state index in [9.17, 15) is 9.59 Å². The summed E-state index contributed by atoms with van der Waals surface area (Å²) in [4.78, 5) is 30.0. The normalized spacial score (nSPS) is 10.7. The van der Waals surface area contributed by atoms with Gasteiger partial charge in [-0.15, -0.1) is 0 Å². The van der Waals surface area contributed by atoms with E-state index in [0.29, 0.717) is 23.6 Å². The molecule has 0 unspecified atom stereocenters. The third-order valence-electron chi connectivity index (χ3n) is 3.15. The van der Waals surface area contributed by atoms with Gasteiger partial charge in [-0.3, -0.25) is 14.3 Å². The molecule has 0 aliphatic carbocycles. The monoisotopic (exact) mass is 314 g/mol. The molecule has 0 atom stereocenters. The molecule has 2 N–H and O–H groups in total. The maximum absolute atomic E-state index is 12.1. The molecule has 118 valence electrons. The van der Waals surface area contributed by atoms with Crippen molar-refractivity contribution in [3.8, 4) is 11.4 Å². The van der Waals surface area contributed by atoms with Crippen LogP contribution in [0.4, 0.5) is 0 Å². The molecule has 3 aromatic heterocycles. The summed E-state index contributed by atoms with van der Waals surface area (Å²) in [5.74, 6) is 0.260. The number of hydrogen-bond donors (Lipinski definition) is 2. The van der Waals surface area contributed by atoms with Crippen molar-refractivity contribution in [1.82, 2.24) is 30.2 Å². The highest BCUT2D eigenvalue weighted by Crippen LogP contribution is 2.12. The summed E-state index contributed by atoms with van der Waals surface area (Å²) in [5, 5.41) is 10.5. The third-order valence-corrected chi connectivity index (χ3v) is 3.15. The van der Waals surface area contributed by atoms with Crippen molar-refractivity contribution in [3.63, 3.8) is 0 Å². The van der Waals surface area contributed by atoms with E-state index in [0.717, 1.165) is 0 Å². The highest BCUT2D eigenvalue weighted by Gasteiger charge is 2.13. The van der Waals surface area contributed by atoms with Crippen molar-refractivity contribution in [2.24, 2.45) is 0 Å². The van der Waals surface area contributed by atoms with Crippen LogP contribution in [0.15, 0.2) is 39.9 Å². The third kappa shape index (κ3) is 3.18. The SMILES string of the molecule is CCn1nccc1C(=O)NCc1nc(-c2cc[nH]c(=O)c2)no1. The van der Waals surface area contributed by atoms with Gasteiger partial charge in [0.15, 0.2) is 0 Å². The van der Waals surface area contributed by atoms with Gasteiger partial charge in [0, 0.05) is 30.6 Å². The lowest BCUT2D eigenvalue weighted by molar-refractivity contribution is 0.0935. The Morgan fingerprint density at radius 2 is 2.30 bits per heavy atom. The largest absolute Gasteiger partial charge is 0.342 e. The van der Waals surface area contributed by atoms with Gasteiger partial charge >= 0.3 is 0 Å². The molecular weight excluding hydrogens is 300 g/mol. The number of aromatic nitrogens is 5. The Morgan fingerprint density at radius 1 is 1.43 bits per heavy atom. The van der Waals surface area contributed by atoms with Gasteiger partial charge in [0.1, 0.15) is 5.69 Å². The first-order valence-electron chi connectivity index (χ1n) is 6.99. The summed E-state index contributed by atoms with van der Waals surface area (Å²) in [7, 11) is 0. The maximum Gasteiger partial charge on any atom is 0.269 e. The molecule has 0 saturated heterocycles. The molecule has 3 rings (SSSR count). The number of H-pyrrole nitrogens is 1. The number of carbonyl (C=O) groups is 1. The zero-order valence-electron chi connectivity index (χ0n) is 12.3. The van der Waals surface area contributed by atoms with Crippen molar-refractivity contribution in [1.29, 1.82) is 0 Å². The first-order chi connectivity index (χ1) is 11.2. The van der Waals surface area contributed by atoms with Gasteiger partial charge in [-0.25, -0.2) is 0 Å². The minimum atomic E-state index is -0.278.